The number of amides is 1. The topological polar surface area (TPSA) is 32.3 Å². The maximum Gasteiger partial charge on any atom is 0.232 e. The van der Waals surface area contributed by atoms with Gasteiger partial charge in [0, 0.05) is 5.69 Å². The zero-order chi connectivity index (χ0) is 10.3. The predicted molar refractivity (Wildman–Crippen MR) is 58.7 cm³/mol. The van der Waals surface area contributed by atoms with E-state index >= 15 is 0 Å². The van der Waals surface area contributed by atoms with Crippen LogP contribution in [0.2, 0.25) is 0 Å². The molecule has 0 spiro atoms. The fourth-order valence-electron chi connectivity index (χ4n) is 2.51. The van der Waals surface area contributed by atoms with Crippen molar-refractivity contribution in [2.24, 2.45) is 0 Å². The number of fused-ring (bicyclic) bond motifs is 1. The van der Waals surface area contributed by atoms with Crippen LogP contribution in [0, 0.1) is 0 Å². The van der Waals surface area contributed by atoms with Gasteiger partial charge in [0.2, 0.25) is 5.91 Å². The number of anilines is 1. The molecule has 2 aliphatic rings. The van der Waals surface area contributed by atoms with Gasteiger partial charge >= 0.3 is 0 Å². The smallest absolute Gasteiger partial charge is 0.232 e. The minimum atomic E-state index is 0.223. The highest BCUT2D eigenvalue weighted by molar-refractivity contribution is 6.01. The third-order valence-electron chi connectivity index (χ3n) is 3.21. The van der Waals surface area contributed by atoms with Gasteiger partial charge in [-0.05, 0) is 31.0 Å². The second kappa shape index (κ2) is 3.35. The summed E-state index contributed by atoms with van der Waals surface area (Å²) in [5, 5.41) is 3.37. The van der Waals surface area contributed by atoms with Crippen molar-refractivity contribution in [1.29, 1.82) is 0 Å². The van der Waals surface area contributed by atoms with Gasteiger partial charge in [-0.2, -0.15) is 0 Å². The van der Waals surface area contributed by atoms with E-state index < -0.39 is 0 Å². The first kappa shape index (κ1) is 8.92. The summed E-state index contributed by atoms with van der Waals surface area (Å²) in [5.41, 5.74) is 2.26. The molecule has 1 N–H and O–H groups in total. The van der Waals surface area contributed by atoms with Crippen molar-refractivity contribution in [1.82, 2.24) is 5.32 Å². The fraction of sp³-hybridized carbons (Fsp3) is 0.417. The molecule has 3 nitrogen and oxygen atoms in total. The average Bonchev–Trinajstić information content (AvgIpc) is 2.82. The predicted octanol–water partition coefficient (Wildman–Crippen LogP) is 1.29. The quantitative estimate of drug-likeness (QED) is 0.744. The number of hydrogen-bond acceptors (Lipinski definition) is 2. The van der Waals surface area contributed by atoms with Gasteiger partial charge in [0.15, 0.2) is 0 Å². The lowest BCUT2D eigenvalue weighted by Gasteiger charge is -2.24. The Morgan fingerprint density at radius 1 is 1.33 bits per heavy atom. The molecule has 0 radical (unpaired) electrons. The Labute approximate surface area is 89.1 Å². The van der Waals surface area contributed by atoms with Crippen molar-refractivity contribution in [3.05, 3.63) is 29.8 Å². The van der Waals surface area contributed by atoms with Crippen molar-refractivity contribution >= 4 is 11.6 Å². The average molecular weight is 202 g/mol. The first-order valence-corrected chi connectivity index (χ1v) is 5.49. The Kier molecular flexibility index (Phi) is 1.99. The summed E-state index contributed by atoms with van der Waals surface area (Å²) in [5.74, 6) is 0.232. The maximum absolute atomic E-state index is 11.9. The number of nitrogens with one attached hydrogen (secondary N) is 1. The Morgan fingerprint density at radius 3 is 3.00 bits per heavy atom. The van der Waals surface area contributed by atoms with E-state index in [4.69, 9.17) is 0 Å². The van der Waals surface area contributed by atoms with E-state index in [-0.39, 0.29) is 12.1 Å². The third kappa shape index (κ3) is 1.35. The largest absolute Gasteiger partial charge is 0.297 e. The standard InChI is InChI=1S/C12H14N2O/c15-12-8-9-4-1-2-5-10(9)14(12)11-6-3-7-13-11/h1-2,4-5,11,13H,3,6-8H2. The van der Waals surface area contributed by atoms with Crippen LogP contribution >= 0.6 is 0 Å². The van der Waals surface area contributed by atoms with E-state index in [0.717, 1.165) is 30.6 Å². The Bertz CT molecular complexity index is 396. The molecule has 0 aromatic heterocycles. The van der Waals surface area contributed by atoms with E-state index in [0.29, 0.717) is 6.42 Å². The van der Waals surface area contributed by atoms with Crippen molar-refractivity contribution in [2.75, 3.05) is 11.4 Å². The molecule has 1 saturated heterocycles. The van der Waals surface area contributed by atoms with Crippen LogP contribution in [0.15, 0.2) is 24.3 Å². The molecule has 1 aromatic rings. The van der Waals surface area contributed by atoms with Crippen molar-refractivity contribution in [2.45, 2.75) is 25.4 Å². The van der Waals surface area contributed by atoms with Gasteiger partial charge in [0.25, 0.3) is 0 Å². The van der Waals surface area contributed by atoms with Gasteiger partial charge in [0.05, 0.1) is 12.6 Å². The molecule has 1 atom stereocenters. The maximum atomic E-state index is 11.9. The second-order valence-corrected chi connectivity index (χ2v) is 4.18. The van der Waals surface area contributed by atoms with Crippen LogP contribution in [0.3, 0.4) is 0 Å². The second-order valence-electron chi connectivity index (χ2n) is 4.18. The molecule has 1 unspecified atom stereocenters. The first-order chi connectivity index (χ1) is 7.36. The number of hydrogen-bond donors (Lipinski definition) is 1. The van der Waals surface area contributed by atoms with Gasteiger partial charge in [-0.25, -0.2) is 0 Å². The van der Waals surface area contributed by atoms with Crippen molar-refractivity contribution < 1.29 is 4.79 Å². The molecule has 0 aliphatic carbocycles. The van der Waals surface area contributed by atoms with Gasteiger partial charge in [-0.3, -0.25) is 15.0 Å². The van der Waals surface area contributed by atoms with E-state index in [2.05, 4.69) is 5.32 Å². The molecule has 15 heavy (non-hydrogen) atoms. The number of para-hydroxylation sites is 1. The molecule has 3 heteroatoms. The highest BCUT2D eigenvalue weighted by atomic mass is 16.2. The highest BCUT2D eigenvalue weighted by Gasteiger charge is 2.33. The molecule has 1 amide bonds. The number of nitrogens with zero attached hydrogens (tertiary/aromatic N) is 1. The summed E-state index contributed by atoms with van der Waals surface area (Å²) >= 11 is 0. The van der Waals surface area contributed by atoms with Gasteiger partial charge in [0.1, 0.15) is 0 Å². The summed E-state index contributed by atoms with van der Waals surface area (Å²) in [6, 6.07) is 8.08. The summed E-state index contributed by atoms with van der Waals surface area (Å²) in [6.07, 6.45) is 3.02. The molecular formula is C12H14N2O. The number of carbonyl (C=O) groups is 1. The monoisotopic (exact) mass is 202 g/mol. The molecule has 3 rings (SSSR count). The zero-order valence-electron chi connectivity index (χ0n) is 8.57. The summed E-state index contributed by atoms with van der Waals surface area (Å²) < 4.78 is 0. The van der Waals surface area contributed by atoms with Crippen LogP contribution in [0.1, 0.15) is 18.4 Å². The lowest BCUT2D eigenvalue weighted by atomic mass is 10.2. The molecule has 1 fully saturated rings. The fourth-order valence-corrected chi connectivity index (χ4v) is 2.51. The zero-order valence-corrected chi connectivity index (χ0v) is 8.57. The summed E-state index contributed by atoms with van der Waals surface area (Å²) in [7, 11) is 0. The molecule has 1 aromatic carbocycles. The van der Waals surface area contributed by atoms with Gasteiger partial charge < -0.3 is 0 Å². The molecule has 0 bridgehead atoms. The van der Waals surface area contributed by atoms with Crippen LogP contribution in [-0.4, -0.2) is 18.6 Å². The Balaban J connectivity index is 1.98. The number of rotatable bonds is 1. The molecular weight excluding hydrogens is 188 g/mol. The van der Waals surface area contributed by atoms with E-state index in [1.807, 2.05) is 29.2 Å². The number of benzene rings is 1. The first-order valence-electron chi connectivity index (χ1n) is 5.49. The van der Waals surface area contributed by atoms with Crippen LogP contribution in [0.25, 0.3) is 0 Å². The summed E-state index contributed by atoms with van der Waals surface area (Å²) in [6.45, 7) is 1.02. The van der Waals surface area contributed by atoms with Gasteiger partial charge in [-0.1, -0.05) is 18.2 Å². The van der Waals surface area contributed by atoms with Crippen LogP contribution in [-0.2, 0) is 11.2 Å². The minimum Gasteiger partial charge on any atom is -0.297 e. The molecule has 0 saturated carbocycles. The van der Waals surface area contributed by atoms with E-state index in [9.17, 15) is 4.79 Å². The lowest BCUT2D eigenvalue weighted by molar-refractivity contribution is -0.117. The SMILES string of the molecule is O=C1Cc2ccccc2N1C1CCCN1. The van der Waals surface area contributed by atoms with Crippen LogP contribution in [0.4, 0.5) is 5.69 Å². The normalized spacial score (nSPS) is 24.7. The molecule has 2 aliphatic heterocycles. The Morgan fingerprint density at radius 2 is 2.20 bits per heavy atom. The Hall–Kier alpha value is -1.35. The van der Waals surface area contributed by atoms with E-state index in [1.165, 1.54) is 0 Å². The highest BCUT2D eigenvalue weighted by Crippen LogP contribution is 2.31. The van der Waals surface area contributed by atoms with Crippen LogP contribution in [0.5, 0.6) is 0 Å². The lowest BCUT2D eigenvalue weighted by Crippen LogP contribution is -2.43. The minimum absolute atomic E-state index is 0.223. The van der Waals surface area contributed by atoms with Crippen molar-refractivity contribution in [3.63, 3.8) is 0 Å². The van der Waals surface area contributed by atoms with E-state index in [1.54, 1.807) is 0 Å². The van der Waals surface area contributed by atoms with Gasteiger partial charge in [-0.15, -0.1) is 0 Å². The molecule has 2 heterocycles. The van der Waals surface area contributed by atoms with Crippen LogP contribution < -0.4 is 10.2 Å². The van der Waals surface area contributed by atoms with Crippen molar-refractivity contribution in [3.8, 4) is 0 Å². The number of carbonyl (C=O) groups excluding carboxylic acids is 1. The summed E-state index contributed by atoms with van der Waals surface area (Å²) in [4.78, 5) is 13.8. The molecule has 78 valence electrons. The third-order valence-corrected chi connectivity index (χ3v) is 3.21.